The van der Waals surface area contributed by atoms with E-state index in [1.165, 1.54) is 18.4 Å². The number of hydrogen-bond acceptors (Lipinski definition) is 5. The fourth-order valence-corrected chi connectivity index (χ4v) is 3.19. The van der Waals surface area contributed by atoms with Crippen molar-refractivity contribution in [2.45, 2.75) is 25.7 Å². The molecular weight excluding hydrogens is 340 g/mol. The largest absolute Gasteiger partial charge is 0.493 e. The van der Waals surface area contributed by atoms with Gasteiger partial charge in [0.15, 0.2) is 5.82 Å². The van der Waals surface area contributed by atoms with E-state index in [-0.39, 0.29) is 11.5 Å². The lowest BCUT2D eigenvalue weighted by molar-refractivity contribution is 0.341. The first-order chi connectivity index (χ1) is 13.1. The summed E-state index contributed by atoms with van der Waals surface area (Å²) < 4.78 is 5.82. The normalized spacial score (nSPS) is 13.5. The van der Waals surface area contributed by atoms with E-state index in [2.05, 4.69) is 34.2 Å². The number of nitrogen functional groups attached to an aromatic ring is 2. The molecule has 2 aromatic carbocycles. The Bertz CT molecular complexity index is 1050. The molecule has 0 radical (unpaired) electrons. The zero-order chi connectivity index (χ0) is 19.0. The molecule has 6 nitrogen and oxygen atoms in total. The Morgan fingerprint density at radius 2 is 1.93 bits per heavy atom. The maximum absolute atomic E-state index is 12.0. The molecule has 3 aromatic rings. The predicted octanol–water partition coefficient (Wildman–Crippen LogP) is 3.54. The van der Waals surface area contributed by atoms with Gasteiger partial charge in [-0.1, -0.05) is 30.3 Å². The quantitative estimate of drug-likeness (QED) is 0.643. The van der Waals surface area contributed by atoms with Gasteiger partial charge >= 0.3 is 0 Å². The first-order valence-corrected chi connectivity index (χ1v) is 9.09. The Morgan fingerprint density at radius 3 is 2.63 bits per heavy atom. The molecule has 0 amide bonds. The van der Waals surface area contributed by atoms with Gasteiger partial charge in [-0.05, 0) is 54.5 Å². The van der Waals surface area contributed by atoms with Crippen LogP contribution in [0.5, 0.6) is 5.75 Å². The third-order valence-corrected chi connectivity index (χ3v) is 4.79. The number of benzene rings is 2. The van der Waals surface area contributed by atoms with Crippen LogP contribution in [0, 0.1) is 0 Å². The summed E-state index contributed by atoms with van der Waals surface area (Å²) in [6, 6.07) is 14.5. The summed E-state index contributed by atoms with van der Waals surface area (Å²) in [6.45, 7) is 2.41. The van der Waals surface area contributed by atoms with Crippen molar-refractivity contribution in [2.24, 2.45) is 0 Å². The number of nitrogens with zero attached hydrogens (tertiary/aromatic N) is 1. The van der Waals surface area contributed by atoms with E-state index < -0.39 is 5.56 Å². The number of aromatic amines is 1. The minimum absolute atomic E-state index is 0.0115. The van der Waals surface area contributed by atoms with Crippen molar-refractivity contribution in [1.29, 1.82) is 0 Å². The second-order valence-corrected chi connectivity index (χ2v) is 6.76. The third kappa shape index (κ3) is 3.38. The molecule has 6 heteroatoms. The maximum atomic E-state index is 12.0. The van der Waals surface area contributed by atoms with Crippen LogP contribution in [0.1, 0.15) is 31.2 Å². The Balaban J connectivity index is 1.78. The molecule has 0 unspecified atom stereocenters. The molecule has 0 bridgehead atoms. The number of nitrogens with two attached hydrogens (primary N) is 2. The Morgan fingerprint density at radius 1 is 1.15 bits per heavy atom. The molecule has 1 aromatic heterocycles. The van der Waals surface area contributed by atoms with E-state index in [1.54, 1.807) is 0 Å². The zero-order valence-corrected chi connectivity index (χ0v) is 15.2. The van der Waals surface area contributed by atoms with Crippen molar-refractivity contribution in [1.82, 2.24) is 9.97 Å². The average molecular weight is 362 g/mol. The van der Waals surface area contributed by atoms with Gasteiger partial charge in [0, 0.05) is 0 Å². The summed E-state index contributed by atoms with van der Waals surface area (Å²) in [4.78, 5) is 18.8. The van der Waals surface area contributed by atoms with Gasteiger partial charge in [0.1, 0.15) is 17.3 Å². The van der Waals surface area contributed by atoms with Gasteiger partial charge in [-0.3, -0.25) is 4.79 Å². The molecule has 138 valence electrons. The van der Waals surface area contributed by atoms with Crippen LogP contribution in [0.15, 0.2) is 47.3 Å². The molecule has 1 saturated carbocycles. The first-order valence-electron chi connectivity index (χ1n) is 9.09. The standard InChI is InChI=1S/C21H22N4O2/c1-2-27-17-11-15(14-5-3-4-13(10-14)12-6-7-12)8-9-16(17)20-24-19(23)18(22)21(26)25-20/h3-5,8-12H,2,6-7,22H2,1H3,(H3,23,24,25,26). The van der Waals surface area contributed by atoms with Crippen molar-refractivity contribution >= 4 is 11.5 Å². The average Bonchev–Trinajstić information content (AvgIpc) is 3.51. The van der Waals surface area contributed by atoms with Crippen molar-refractivity contribution in [3.05, 3.63) is 58.4 Å². The van der Waals surface area contributed by atoms with Gasteiger partial charge in [-0.2, -0.15) is 0 Å². The minimum Gasteiger partial charge on any atom is -0.493 e. The highest BCUT2D eigenvalue weighted by atomic mass is 16.5. The van der Waals surface area contributed by atoms with Gasteiger partial charge in [-0.15, -0.1) is 0 Å². The SMILES string of the molecule is CCOc1cc(-c2cccc(C3CC3)c2)ccc1-c1nc(N)c(N)c(=O)[nH]1. The highest BCUT2D eigenvalue weighted by Gasteiger charge is 2.23. The number of aromatic nitrogens is 2. The minimum atomic E-state index is -0.457. The lowest BCUT2D eigenvalue weighted by Crippen LogP contribution is -2.17. The van der Waals surface area contributed by atoms with Gasteiger partial charge in [0.25, 0.3) is 5.56 Å². The fourth-order valence-electron chi connectivity index (χ4n) is 3.19. The van der Waals surface area contributed by atoms with E-state index in [1.807, 2.05) is 25.1 Å². The molecule has 0 atom stereocenters. The highest BCUT2D eigenvalue weighted by Crippen LogP contribution is 2.41. The zero-order valence-electron chi connectivity index (χ0n) is 15.2. The second-order valence-electron chi connectivity index (χ2n) is 6.76. The lowest BCUT2D eigenvalue weighted by Gasteiger charge is -2.13. The first kappa shape index (κ1) is 17.1. The van der Waals surface area contributed by atoms with Crippen LogP contribution in [0.4, 0.5) is 11.5 Å². The van der Waals surface area contributed by atoms with Crippen LogP contribution in [0.3, 0.4) is 0 Å². The number of ether oxygens (including phenoxy) is 1. The molecule has 1 heterocycles. The van der Waals surface area contributed by atoms with E-state index in [4.69, 9.17) is 16.2 Å². The van der Waals surface area contributed by atoms with Crippen LogP contribution in [-0.4, -0.2) is 16.6 Å². The topological polar surface area (TPSA) is 107 Å². The second kappa shape index (κ2) is 6.79. The Hall–Kier alpha value is -3.28. The van der Waals surface area contributed by atoms with Crippen LogP contribution < -0.4 is 21.8 Å². The molecule has 0 spiro atoms. The van der Waals surface area contributed by atoms with E-state index in [9.17, 15) is 4.79 Å². The number of nitrogens with one attached hydrogen (secondary N) is 1. The summed E-state index contributed by atoms with van der Waals surface area (Å²) in [7, 11) is 0. The molecule has 5 N–H and O–H groups in total. The Labute approximate surface area is 157 Å². The summed E-state index contributed by atoms with van der Waals surface area (Å²) in [6.07, 6.45) is 2.54. The molecule has 4 rings (SSSR count). The number of rotatable bonds is 5. The smallest absolute Gasteiger partial charge is 0.276 e. The van der Waals surface area contributed by atoms with E-state index >= 15 is 0 Å². The summed E-state index contributed by atoms with van der Waals surface area (Å²) in [5.41, 5.74) is 15.1. The van der Waals surface area contributed by atoms with Gasteiger partial charge < -0.3 is 21.2 Å². The molecule has 1 aliphatic rings. The van der Waals surface area contributed by atoms with Gasteiger partial charge in [0.2, 0.25) is 0 Å². The van der Waals surface area contributed by atoms with Crippen LogP contribution in [0.25, 0.3) is 22.5 Å². The van der Waals surface area contributed by atoms with Crippen LogP contribution in [0.2, 0.25) is 0 Å². The van der Waals surface area contributed by atoms with Crippen LogP contribution in [-0.2, 0) is 0 Å². The van der Waals surface area contributed by atoms with Crippen molar-refractivity contribution in [3.63, 3.8) is 0 Å². The van der Waals surface area contributed by atoms with Gasteiger partial charge in [-0.25, -0.2) is 4.98 Å². The fraction of sp³-hybridized carbons (Fsp3) is 0.238. The molecule has 0 saturated heterocycles. The molecular formula is C21H22N4O2. The van der Waals surface area contributed by atoms with Crippen molar-refractivity contribution < 1.29 is 4.74 Å². The monoisotopic (exact) mass is 362 g/mol. The van der Waals surface area contributed by atoms with Crippen LogP contribution >= 0.6 is 0 Å². The van der Waals surface area contributed by atoms with Gasteiger partial charge in [0.05, 0.1) is 12.2 Å². The summed E-state index contributed by atoms with van der Waals surface area (Å²) in [5, 5.41) is 0. The Kier molecular flexibility index (Phi) is 4.32. The highest BCUT2D eigenvalue weighted by molar-refractivity contribution is 5.75. The number of anilines is 2. The summed E-state index contributed by atoms with van der Waals surface area (Å²) >= 11 is 0. The number of hydrogen-bond donors (Lipinski definition) is 3. The van der Waals surface area contributed by atoms with E-state index in [0.717, 1.165) is 11.1 Å². The molecule has 27 heavy (non-hydrogen) atoms. The molecule has 1 fully saturated rings. The third-order valence-electron chi connectivity index (χ3n) is 4.79. The summed E-state index contributed by atoms with van der Waals surface area (Å²) in [5.74, 6) is 1.69. The number of H-pyrrole nitrogens is 1. The predicted molar refractivity (Wildman–Crippen MR) is 108 cm³/mol. The van der Waals surface area contributed by atoms with Crippen molar-refractivity contribution in [3.8, 4) is 28.3 Å². The molecule has 0 aliphatic heterocycles. The molecule has 1 aliphatic carbocycles. The van der Waals surface area contributed by atoms with Crippen molar-refractivity contribution in [2.75, 3.05) is 18.1 Å². The maximum Gasteiger partial charge on any atom is 0.276 e. The van der Waals surface area contributed by atoms with E-state index in [0.29, 0.717) is 29.7 Å². The lowest BCUT2D eigenvalue weighted by atomic mass is 9.99.